The largest absolute Gasteiger partial charge is 1.00 e. The number of carbonyl (C=O) groups excluding carboxylic acids is 1. The Balaban J connectivity index is 0.00000272. The number of carbonyl (C=O) groups is 1. The molecule has 4 aromatic rings. The van der Waals surface area contributed by atoms with Crippen LogP contribution in [0.3, 0.4) is 0 Å². The summed E-state index contributed by atoms with van der Waals surface area (Å²) in [5.41, 5.74) is 1.41. The van der Waals surface area contributed by atoms with Gasteiger partial charge in [-0.2, -0.15) is 0 Å². The number of para-hydroxylation sites is 1. The van der Waals surface area contributed by atoms with Gasteiger partial charge in [0.2, 0.25) is 0 Å². The minimum absolute atomic E-state index is 0. The van der Waals surface area contributed by atoms with Crippen LogP contribution in [0.1, 0.15) is 0 Å². The first-order valence-corrected chi connectivity index (χ1v) is 10.7. The van der Waals surface area contributed by atoms with Gasteiger partial charge in [0, 0.05) is 18.1 Å². The molecule has 0 saturated heterocycles. The van der Waals surface area contributed by atoms with Gasteiger partial charge in [-0.15, -0.1) is 11.8 Å². The van der Waals surface area contributed by atoms with Crippen molar-refractivity contribution < 1.29 is 39.5 Å². The fourth-order valence-corrected chi connectivity index (χ4v) is 4.58. The van der Waals surface area contributed by atoms with E-state index in [-0.39, 0.29) is 40.6 Å². The molecule has 0 atom stereocenters. The van der Waals surface area contributed by atoms with Gasteiger partial charge in [-0.25, -0.2) is 4.98 Å². The number of rotatable bonds is 5. The first-order valence-electron chi connectivity index (χ1n) is 9.10. The van der Waals surface area contributed by atoms with Crippen LogP contribution in [-0.4, -0.2) is 28.8 Å². The third-order valence-corrected chi connectivity index (χ3v) is 6.19. The second-order valence-electron chi connectivity index (χ2n) is 6.70. The number of thioether (sulfide) groups is 1. The van der Waals surface area contributed by atoms with E-state index in [2.05, 4.69) is 4.98 Å². The Morgan fingerprint density at radius 3 is 2.45 bits per heavy atom. The van der Waals surface area contributed by atoms with Crippen molar-refractivity contribution in [3.8, 4) is 0 Å². The summed E-state index contributed by atoms with van der Waals surface area (Å²) < 4.78 is 1.50. The van der Waals surface area contributed by atoms with Crippen LogP contribution in [0, 0.1) is 0 Å². The second kappa shape index (κ2) is 9.63. The van der Waals surface area contributed by atoms with Gasteiger partial charge in [-0.1, -0.05) is 29.8 Å². The first kappa shape index (κ1) is 23.6. The maximum absolute atomic E-state index is 13.2. The van der Waals surface area contributed by atoms with E-state index in [9.17, 15) is 14.7 Å². The number of pyridine rings is 2. The van der Waals surface area contributed by atoms with Crippen LogP contribution in [0.4, 0.5) is 11.5 Å². The van der Waals surface area contributed by atoms with E-state index < -0.39 is 12.5 Å². The molecule has 0 aliphatic carbocycles. The van der Waals surface area contributed by atoms with Crippen molar-refractivity contribution in [1.82, 2.24) is 9.55 Å². The van der Waals surface area contributed by atoms with Crippen molar-refractivity contribution in [2.45, 2.75) is 11.4 Å². The van der Waals surface area contributed by atoms with Crippen molar-refractivity contribution in [1.29, 1.82) is 0 Å². The smallest absolute Gasteiger partial charge is 0.548 e. The molecule has 6 nitrogen and oxygen atoms in total. The van der Waals surface area contributed by atoms with Gasteiger partial charge in [-0.3, -0.25) is 4.79 Å². The normalized spacial score (nSPS) is 10.8. The fourth-order valence-electron chi connectivity index (χ4n) is 3.52. The molecule has 2 aromatic heterocycles. The van der Waals surface area contributed by atoms with Crippen molar-refractivity contribution in [3.05, 3.63) is 69.8 Å². The predicted octanol–water partition coefficient (Wildman–Crippen LogP) is 0.447. The van der Waals surface area contributed by atoms with Crippen LogP contribution in [0.25, 0.3) is 21.9 Å². The zero-order chi connectivity index (χ0) is 21.4. The molecule has 2 heterocycles. The summed E-state index contributed by atoms with van der Waals surface area (Å²) in [5, 5.41) is 12.7. The number of hydrogen-bond acceptors (Lipinski definition) is 6. The van der Waals surface area contributed by atoms with Crippen LogP contribution < -0.4 is 45.0 Å². The average Bonchev–Trinajstić information content (AvgIpc) is 2.76. The summed E-state index contributed by atoms with van der Waals surface area (Å²) >= 11 is 7.70. The molecular weight excluding hydrogens is 445 g/mol. The topological polar surface area (TPSA) is 78.3 Å². The Morgan fingerprint density at radius 1 is 1.13 bits per heavy atom. The van der Waals surface area contributed by atoms with E-state index in [1.807, 2.05) is 48.5 Å². The minimum Gasteiger partial charge on any atom is -0.548 e. The maximum atomic E-state index is 13.2. The monoisotopic (exact) mass is 461 g/mol. The molecule has 4 rings (SSSR count). The van der Waals surface area contributed by atoms with Crippen molar-refractivity contribution in [3.63, 3.8) is 0 Å². The Hall–Kier alpha value is -2.03. The summed E-state index contributed by atoms with van der Waals surface area (Å²) in [6, 6.07) is 16.3. The summed E-state index contributed by atoms with van der Waals surface area (Å²) in [4.78, 5) is 31.9. The molecule has 0 saturated carbocycles. The third-order valence-electron chi connectivity index (χ3n) is 4.94. The van der Waals surface area contributed by atoms with Gasteiger partial charge in [0.05, 0.1) is 33.3 Å². The van der Waals surface area contributed by atoms with Gasteiger partial charge in [0.25, 0.3) is 0 Å². The Bertz CT molecular complexity index is 1350. The zero-order valence-corrected chi connectivity index (χ0v) is 20.8. The number of fused-ring (bicyclic) bond motifs is 2. The average molecular weight is 462 g/mol. The molecule has 0 N–H and O–H groups in total. The number of carboxylic acids is 1. The molecule has 2 aromatic carbocycles. The van der Waals surface area contributed by atoms with Crippen LogP contribution in [0.5, 0.6) is 0 Å². The van der Waals surface area contributed by atoms with Crippen molar-refractivity contribution >= 4 is 62.8 Å². The van der Waals surface area contributed by atoms with E-state index in [0.29, 0.717) is 32.0 Å². The Morgan fingerprint density at radius 2 is 1.81 bits per heavy atom. The fraction of sp³-hybridized carbons (Fsp3) is 0.136. The number of benzene rings is 2. The van der Waals surface area contributed by atoms with Gasteiger partial charge in [0.1, 0.15) is 11.5 Å². The Kier molecular flexibility index (Phi) is 7.34. The van der Waals surface area contributed by atoms with Gasteiger partial charge < -0.3 is 19.4 Å². The molecule has 152 valence electrons. The summed E-state index contributed by atoms with van der Waals surface area (Å²) in [6.07, 6.45) is 1.83. The molecule has 0 aliphatic rings. The van der Waals surface area contributed by atoms with E-state index in [1.54, 1.807) is 24.3 Å². The van der Waals surface area contributed by atoms with Crippen molar-refractivity contribution in [2.24, 2.45) is 0 Å². The standard InChI is InChI=1S/C22H18ClN3O3S.Na/c1-25(13-6-4-3-5-7-13)17-11-9-15-20(29)14-8-10-16(23)21(30-2)19(14)26(12-18(27)28)22(15)24-17;/h3-11H,12H2,1-2H3,(H,27,28);/q;+1/p-1. The zero-order valence-electron chi connectivity index (χ0n) is 17.3. The first-order chi connectivity index (χ1) is 14.4. The summed E-state index contributed by atoms with van der Waals surface area (Å²) in [5.74, 6) is -0.704. The van der Waals surface area contributed by atoms with E-state index >= 15 is 0 Å². The van der Waals surface area contributed by atoms with Gasteiger partial charge in [0.15, 0.2) is 5.43 Å². The number of anilines is 2. The van der Waals surface area contributed by atoms with Crippen LogP contribution >= 0.6 is 23.4 Å². The molecule has 9 heteroatoms. The number of hydrogen-bond donors (Lipinski definition) is 0. The quantitative estimate of drug-likeness (QED) is 0.244. The molecule has 0 aliphatic heterocycles. The van der Waals surface area contributed by atoms with E-state index in [4.69, 9.17) is 11.6 Å². The Labute approximate surface area is 210 Å². The molecule has 0 bridgehead atoms. The van der Waals surface area contributed by atoms with Crippen LogP contribution in [-0.2, 0) is 11.3 Å². The van der Waals surface area contributed by atoms with E-state index in [0.717, 1.165) is 5.69 Å². The molecule has 0 radical (unpaired) electrons. The molecule has 0 fully saturated rings. The minimum atomic E-state index is -1.28. The maximum Gasteiger partial charge on any atom is 1.00 e. The molecule has 0 unspecified atom stereocenters. The second-order valence-corrected chi connectivity index (χ2v) is 7.92. The summed E-state index contributed by atoms with van der Waals surface area (Å²) in [7, 11) is 1.86. The molecular formula is C22H17ClN3NaO3S. The number of aromatic nitrogens is 2. The number of aliphatic carboxylic acids is 1. The molecule has 0 spiro atoms. The van der Waals surface area contributed by atoms with Gasteiger partial charge >= 0.3 is 29.6 Å². The SMILES string of the molecule is CSc1c(Cl)ccc2c(=O)c3ccc(N(C)c4ccccc4)nc3n(CC(=O)[O-])c12.[Na+]. The predicted molar refractivity (Wildman–Crippen MR) is 120 cm³/mol. The van der Waals surface area contributed by atoms with E-state index in [1.165, 1.54) is 16.3 Å². The van der Waals surface area contributed by atoms with Crippen LogP contribution in [0.2, 0.25) is 5.02 Å². The van der Waals surface area contributed by atoms with Crippen LogP contribution in [0.15, 0.2) is 64.3 Å². The summed E-state index contributed by atoms with van der Waals surface area (Å²) in [6.45, 7) is -0.452. The number of carboxylic acid groups (broad SMARTS) is 1. The van der Waals surface area contributed by atoms with Gasteiger partial charge in [-0.05, 0) is 42.7 Å². The number of halogens is 1. The number of nitrogens with zero attached hydrogens (tertiary/aromatic N) is 3. The molecule has 0 amide bonds. The third kappa shape index (κ3) is 4.33. The van der Waals surface area contributed by atoms with Crippen molar-refractivity contribution in [2.75, 3.05) is 18.2 Å². The molecule has 31 heavy (non-hydrogen) atoms.